The van der Waals surface area contributed by atoms with Crippen LogP contribution in [0.3, 0.4) is 0 Å². The predicted octanol–water partition coefficient (Wildman–Crippen LogP) is 2.92. The molecule has 2 aromatic carbocycles. The number of carbonyl (C=O) groups excluding carboxylic acids is 1. The summed E-state index contributed by atoms with van der Waals surface area (Å²) in [4.78, 5) is 19.4. The number of amides is 1. The van der Waals surface area contributed by atoms with E-state index in [4.69, 9.17) is 4.74 Å². The van der Waals surface area contributed by atoms with E-state index in [-0.39, 0.29) is 11.7 Å². The molecule has 1 amide bonds. The number of aryl methyl sites for hydroxylation is 1. The highest BCUT2D eigenvalue weighted by molar-refractivity contribution is 6.09. The SMILES string of the molecule is CCc1ccc(NC(=NCCN2CCOCC2)NC(=O)c2ccc(F)cc2)cc1. The number of nitrogens with one attached hydrogen (secondary N) is 2. The highest BCUT2D eigenvalue weighted by Crippen LogP contribution is 2.10. The van der Waals surface area contributed by atoms with Crippen molar-refractivity contribution in [1.29, 1.82) is 0 Å². The highest BCUT2D eigenvalue weighted by Gasteiger charge is 2.12. The fraction of sp³-hybridized carbons (Fsp3) is 0.364. The van der Waals surface area contributed by atoms with Gasteiger partial charge in [-0.05, 0) is 48.4 Å². The Hall–Kier alpha value is -2.77. The molecule has 154 valence electrons. The maximum Gasteiger partial charge on any atom is 0.257 e. The molecular formula is C22H27FN4O2. The third kappa shape index (κ3) is 6.66. The van der Waals surface area contributed by atoms with E-state index < -0.39 is 0 Å². The van der Waals surface area contributed by atoms with Crippen LogP contribution in [-0.2, 0) is 11.2 Å². The Morgan fingerprint density at radius 3 is 2.45 bits per heavy atom. The van der Waals surface area contributed by atoms with Crippen molar-refractivity contribution < 1.29 is 13.9 Å². The number of guanidine groups is 1. The van der Waals surface area contributed by atoms with Crippen molar-refractivity contribution in [3.63, 3.8) is 0 Å². The summed E-state index contributed by atoms with van der Waals surface area (Å²) < 4.78 is 18.5. The number of anilines is 1. The van der Waals surface area contributed by atoms with Gasteiger partial charge in [-0.2, -0.15) is 0 Å². The number of carbonyl (C=O) groups is 1. The molecule has 1 fully saturated rings. The lowest BCUT2D eigenvalue weighted by atomic mass is 10.1. The fourth-order valence-electron chi connectivity index (χ4n) is 2.98. The van der Waals surface area contributed by atoms with Crippen molar-refractivity contribution in [1.82, 2.24) is 10.2 Å². The number of hydrogen-bond acceptors (Lipinski definition) is 4. The molecule has 3 rings (SSSR count). The molecule has 0 unspecified atom stereocenters. The van der Waals surface area contributed by atoms with Crippen molar-refractivity contribution in [3.05, 3.63) is 65.5 Å². The first-order valence-corrected chi connectivity index (χ1v) is 9.91. The van der Waals surface area contributed by atoms with Crippen molar-refractivity contribution in [2.24, 2.45) is 4.99 Å². The number of benzene rings is 2. The molecule has 1 heterocycles. The summed E-state index contributed by atoms with van der Waals surface area (Å²) in [5.41, 5.74) is 2.44. The molecule has 0 saturated carbocycles. The maximum atomic E-state index is 13.1. The van der Waals surface area contributed by atoms with Gasteiger partial charge < -0.3 is 10.1 Å². The summed E-state index contributed by atoms with van der Waals surface area (Å²) in [5, 5.41) is 5.98. The number of aliphatic imine (C=N–C) groups is 1. The lowest BCUT2D eigenvalue weighted by molar-refractivity contribution is 0.0394. The van der Waals surface area contributed by atoms with Crippen molar-refractivity contribution in [3.8, 4) is 0 Å². The first-order chi connectivity index (χ1) is 14.1. The second kappa shape index (κ2) is 10.7. The smallest absolute Gasteiger partial charge is 0.257 e. The molecule has 1 aliphatic rings. The summed E-state index contributed by atoms with van der Waals surface area (Å²) in [5.74, 6) is -0.347. The first-order valence-electron chi connectivity index (χ1n) is 9.91. The largest absolute Gasteiger partial charge is 0.379 e. The number of hydrogen-bond donors (Lipinski definition) is 2. The van der Waals surface area contributed by atoms with E-state index in [1.165, 1.54) is 29.8 Å². The zero-order valence-corrected chi connectivity index (χ0v) is 16.7. The van der Waals surface area contributed by atoms with Crippen LogP contribution >= 0.6 is 0 Å². The Balaban J connectivity index is 1.67. The summed E-state index contributed by atoms with van der Waals surface area (Å²) in [6.45, 7) is 6.68. The van der Waals surface area contributed by atoms with Crippen LogP contribution in [0.2, 0.25) is 0 Å². The Morgan fingerprint density at radius 1 is 1.10 bits per heavy atom. The van der Waals surface area contributed by atoms with Gasteiger partial charge in [0.15, 0.2) is 0 Å². The first kappa shape index (κ1) is 21.0. The van der Waals surface area contributed by atoms with Crippen LogP contribution in [0, 0.1) is 5.82 Å². The van der Waals surface area contributed by atoms with Gasteiger partial charge in [-0.1, -0.05) is 19.1 Å². The Bertz CT molecular complexity index is 816. The average molecular weight is 398 g/mol. The number of nitrogens with zero attached hydrogens (tertiary/aromatic N) is 2. The molecule has 0 aromatic heterocycles. The number of rotatable bonds is 6. The molecule has 0 radical (unpaired) electrons. The standard InChI is InChI=1S/C22H27FN4O2/c1-2-17-3-9-20(10-4-17)25-22(24-11-12-27-13-15-29-16-14-27)26-21(28)18-5-7-19(23)8-6-18/h3-10H,2,11-16H2,1H3,(H2,24,25,26,28). The van der Waals surface area contributed by atoms with Gasteiger partial charge in [-0.25, -0.2) is 4.39 Å². The monoisotopic (exact) mass is 398 g/mol. The molecule has 1 aliphatic heterocycles. The summed E-state index contributed by atoms with van der Waals surface area (Å²) >= 11 is 0. The number of morpholine rings is 1. The fourth-order valence-corrected chi connectivity index (χ4v) is 2.98. The normalized spacial score (nSPS) is 15.2. The molecule has 29 heavy (non-hydrogen) atoms. The van der Waals surface area contributed by atoms with E-state index in [9.17, 15) is 9.18 Å². The van der Waals surface area contributed by atoms with Crippen molar-refractivity contribution >= 4 is 17.6 Å². The van der Waals surface area contributed by atoms with E-state index in [1.54, 1.807) is 0 Å². The van der Waals surface area contributed by atoms with E-state index in [1.807, 2.05) is 24.3 Å². The zero-order chi connectivity index (χ0) is 20.5. The van der Waals surface area contributed by atoms with E-state index in [2.05, 4.69) is 27.4 Å². The summed E-state index contributed by atoms with van der Waals surface area (Å²) in [7, 11) is 0. The minimum absolute atomic E-state index is 0.340. The molecule has 0 atom stereocenters. The average Bonchev–Trinajstić information content (AvgIpc) is 2.75. The van der Waals surface area contributed by atoms with Gasteiger partial charge in [0.05, 0.1) is 19.8 Å². The highest BCUT2D eigenvalue weighted by atomic mass is 19.1. The quantitative estimate of drug-likeness (QED) is 0.580. The van der Waals surface area contributed by atoms with Gasteiger partial charge in [0, 0.05) is 30.9 Å². The van der Waals surface area contributed by atoms with Crippen LogP contribution in [0.25, 0.3) is 0 Å². The predicted molar refractivity (Wildman–Crippen MR) is 113 cm³/mol. The minimum atomic E-state index is -0.380. The minimum Gasteiger partial charge on any atom is -0.379 e. The lowest BCUT2D eigenvalue weighted by Crippen LogP contribution is -2.39. The van der Waals surface area contributed by atoms with Crippen LogP contribution in [-0.4, -0.2) is 56.2 Å². The topological polar surface area (TPSA) is 66.0 Å². The Morgan fingerprint density at radius 2 is 1.79 bits per heavy atom. The van der Waals surface area contributed by atoms with Gasteiger partial charge in [0.1, 0.15) is 5.82 Å². The van der Waals surface area contributed by atoms with E-state index in [0.29, 0.717) is 18.1 Å². The third-order valence-electron chi connectivity index (χ3n) is 4.75. The molecule has 6 nitrogen and oxygen atoms in total. The Kier molecular flexibility index (Phi) is 7.72. The molecule has 2 N–H and O–H groups in total. The van der Waals surface area contributed by atoms with Crippen LogP contribution in [0.15, 0.2) is 53.5 Å². The lowest BCUT2D eigenvalue weighted by Gasteiger charge is -2.25. The van der Waals surface area contributed by atoms with Gasteiger partial charge in [-0.15, -0.1) is 0 Å². The van der Waals surface area contributed by atoms with Gasteiger partial charge in [0.25, 0.3) is 5.91 Å². The van der Waals surface area contributed by atoms with Gasteiger partial charge in [0.2, 0.25) is 5.96 Å². The van der Waals surface area contributed by atoms with Gasteiger partial charge in [-0.3, -0.25) is 20.0 Å². The second-order valence-electron chi connectivity index (χ2n) is 6.82. The Labute approximate surface area is 170 Å². The zero-order valence-electron chi connectivity index (χ0n) is 16.7. The van der Waals surface area contributed by atoms with Crippen molar-refractivity contribution in [2.75, 3.05) is 44.7 Å². The molecule has 0 bridgehead atoms. The number of ether oxygens (including phenoxy) is 1. The molecule has 0 aliphatic carbocycles. The van der Waals surface area contributed by atoms with Crippen LogP contribution in [0.4, 0.5) is 10.1 Å². The van der Waals surface area contributed by atoms with E-state index >= 15 is 0 Å². The third-order valence-corrected chi connectivity index (χ3v) is 4.75. The van der Waals surface area contributed by atoms with Crippen molar-refractivity contribution in [2.45, 2.75) is 13.3 Å². The molecule has 7 heteroatoms. The number of halogens is 1. The maximum absolute atomic E-state index is 13.1. The molecule has 0 spiro atoms. The van der Waals surface area contributed by atoms with Crippen LogP contribution in [0.1, 0.15) is 22.8 Å². The second-order valence-corrected chi connectivity index (χ2v) is 6.82. The molecule has 1 saturated heterocycles. The molecule has 2 aromatic rings. The summed E-state index contributed by atoms with van der Waals surface area (Å²) in [6.07, 6.45) is 0.960. The molecular weight excluding hydrogens is 371 g/mol. The van der Waals surface area contributed by atoms with E-state index in [0.717, 1.165) is 45.0 Å². The van der Waals surface area contributed by atoms with Crippen LogP contribution in [0.5, 0.6) is 0 Å². The summed E-state index contributed by atoms with van der Waals surface area (Å²) in [6, 6.07) is 13.4. The van der Waals surface area contributed by atoms with Crippen LogP contribution < -0.4 is 10.6 Å². The van der Waals surface area contributed by atoms with Gasteiger partial charge >= 0.3 is 0 Å².